The summed E-state index contributed by atoms with van der Waals surface area (Å²) in [5.41, 5.74) is 1.52. The second-order valence-corrected chi connectivity index (χ2v) is 10.00. The molecule has 0 aliphatic carbocycles. The first kappa shape index (κ1) is 28.0. The zero-order valence-corrected chi connectivity index (χ0v) is 21.4. The molecule has 9 nitrogen and oxygen atoms in total. The van der Waals surface area contributed by atoms with Gasteiger partial charge in [0, 0.05) is 32.0 Å². The Morgan fingerprint density at radius 3 is 2.38 bits per heavy atom. The summed E-state index contributed by atoms with van der Waals surface area (Å²) >= 11 is 1.29. The molecule has 2 N–H and O–H groups in total. The van der Waals surface area contributed by atoms with E-state index in [2.05, 4.69) is 9.97 Å². The number of thiazole rings is 1. The van der Waals surface area contributed by atoms with Crippen molar-refractivity contribution in [3.63, 3.8) is 0 Å². The van der Waals surface area contributed by atoms with Crippen LogP contribution in [0.2, 0.25) is 0 Å². The summed E-state index contributed by atoms with van der Waals surface area (Å²) in [4.78, 5) is 55.6. The number of aromatic amines is 1. The summed E-state index contributed by atoms with van der Waals surface area (Å²) in [6, 6.07) is 15.3. The van der Waals surface area contributed by atoms with E-state index in [-0.39, 0.29) is 22.4 Å². The minimum Gasteiger partial charge on any atom is -0.475 e. The number of nitrogens with one attached hydrogen (secondary N) is 1. The Kier molecular flexibility index (Phi) is 8.48. The number of para-hydroxylation sites is 2. The lowest BCUT2D eigenvalue weighted by Gasteiger charge is -2.32. The topological polar surface area (TPSA) is 125 Å². The Morgan fingerprint density at radius 1 is 1.05 bits per heavy atom. The average Bonchev–Trinajstić information content (AvgIpc) is 3.24. The Hall–Kier alpha value is -4.00. The molecule has 1 aliphatic heterocycles. The van der Waals surface area contributed by atoms with Gasteiger partial charge in [-0.15, -0.1) is 0 Å². The zero-order valence-electron chi connectivity index (χ0n) is 20.6. The van der Waals surface area contributed by atoms with E-state index in [1.165, 1.54) is 11.3 Å². The van der Waals surface area contributed by atoms with Crippen molar-refractivity contribution >= 4 is 44.3 Å². The van der Waals surface area contributed by atoms with Crippen molar-refractivity contribution in [2.24, 2.45) is 0 Å². The lowest BCUT2D eigenvalue weighted by atomic mass is 10.0. The van der Waals surface area contributed by atoms with Crippen molar-refractivity contribution in [2.75, 3.05) is 13.1 Å². The van der Waals surface area contributed by atoms with E-state index in [0.29, 0.717) is 49.1 Å². The Balaban J connectivity index is 0.000000448. The predicted octanol–water partition coefficient (Wildman–Crippen LogP) is 4.12. The molecule has 2 aromatic heterocycles. The lowest BCUT2D eigenvalue weighted by Crippen LogP contribution is -2.40. The van der Waals surface area contributed by atoms with Crippen molar-refractivity contribution in [2.45, 2.75) is 44.3 Å². The van der Waals surface area contributed by atoms with Gasteiger partial charge in [-0.3, -0.25) is 19.0 Å². The largest absolute Gasteiger partial charge is 0.490 e. The number of aliphatic carboxylic acids is 1. The van der Waals surface area contributed by atoms with Crippen LogP contribution in [0.3, 0.4) is 0 Å². The van der Waals surface area contributed by atoms with Crippen LogP contribution in [0, 0.1) is 0 Å². The van der Waals surface area contributed by atoms with E-state index in [0.717, 1.165) is 23.1 Å². The van der Waals surface area contributed by atoms with Gasteiger partial charge in [0.25, 0.3) is 5.56 Å². The number of aryl methyl sites for hydroxylation is 1. The molecule has 0 radical (unpaired) electrons. The maximum absolute atomic E-state index is 12.7. The second-order valence-electron chi connectivity index (χ2n) is 9.00. The number of hydrogen-bond donors (Lipinski definition) is 2. The van der Waals surface area contributed by atoms with Gasteiger partial charge in [0.05, 0.1) is 21.1 Å². The van der Waals surface area contributed by atoms with Crippen LogP contribution in [0.25, 0.3) is 21.1 Å². The van der Waals surface area contributed by atoms with Gasteiger partial charge in [-0.05, 0) is 43.5 Å². The Bertz CT molecular complexity index is 1600. The number of benzene rings is 2. The van der Waals surface area contributed by atoms with E-state index < -0.39 is 12.1 Å². The molecule has 4 aromatic rings. The number of nitrogens with zero attached hydrogens (tertiary/aromatic N) is 3. The number of halogens is 3. The normalized spacial score (nSPS) is 14.3. The highest BCUT2D eigenvalue weighted by atomic mass is 32.1. The third kappa shape index (κ3) is 6.72. The average molecular weight is 563 g/mol. The number of carbonyl (C=O) groups excluding carboxylic acids is 1. The molecule has 3 heterocycles. The number of fused-ring (bicyclic) bond motifs is 2. The van der Waals surface area contributed by atoms with E-state index >= 15 is 0 Å². The Labute approximate surface area is 223 Å². The smallest absolute Gasteiger partial charge is 0.475 e. The highest BCUT2D eigenvalue weighted by Crippen LogP contribution is 2.27. The number of aromatic nitrogens is 3. The third-order valence-electron chi connectivity index (χ3n) is 6.41. The molecule has 0 unspecified atom stereocenters. The van der Waals surface area contributed by atoms with E-state index in [1.54, 1.807) is 6.07 Å². The number of hydrogen-bond acceptors (Lipinski definition) is 6. The first-order chi connectivity index (χ1) is 18.5. The van der Waals surface area contributed by atoms with Gasteiger partial charge in [-0.25, -0.2) is 9.78 Å². The summed E-state index contributed by atoms with van der Waals surface area (Å²) in [5, 5.41) is 7.70. The van der Waals surface area contributed by atoms with Crippen molar-refractivity contribution in [3.05, 3.63) is 74.4 Å². The summed E-state index contributed by atoms with van der Waals surface area (Å²) < 4.78 is 34.7. The maximum Gasteiger partial charge on any atom is 0.490 e. The van der Waals surface area contributed by atoms with Crippen LogP contribution >= 0.6 is 11.3 Å². The van der Waals surface area contributed by atoms with Crippen molar-refractivity contribution in [1.82, 2.24) is 19.4 Å². The minimum atomic E-state index is -5.08. The number of likely N-dealkylation sites (tertiary alicyclic amines) is 1. The highest BCUT2D eigenvalue weighted by Gasteiger charge is 2.38. The van der Waals surface area contributed by atoms with Crippen molar-refractivity contribution in [3.8, 4) is 0 Å². The number of rotatable bonds is 5. The molecule has 1 fully saturated rings. The molecule has 1 aliphatic rings. The van der Waals surface area contributed by atoms with Crippen LogP contribution in [0.1, 0.15) is 37.5 Å². The quantitative estimate of drug-likeness (QED) is 0.377. The molecular weight excluding hydrogens is 537 g/mol. The summed E-state index contributed by atoms with van der Waals surface area (Å²) in [7, 11) is 0. The maximum atomic E-state index is 12.7. The van der Waals surface area contributed by atoms with Gasteiger partial charge in [-0.1, -0.05) is 35.6 Å². The molecule has 206 valence electrons. The number of alkyl halides is 3. The number of H-pyrrole nitrogens is 1. The molecule has 0 saturated carbocycles. The fraction of sp³-hybridized carbons (Fsp3) is 0.346. The lowest BCUT2D eigenvalue weighted by molar-refractivity contribution is -0.192. The summed E-state index contributed by atoms with van der Waals surface area (Å²) in [6.45, 7) is 1.32. The van der Waals surface area contributed by atoms with Gasteiger partial charge in [0.15, 0.2) is 0 Å². The number of amides is 1. The van der Waals surface area contributed by atoms with Crippen molar-refractivity contribution < 1.29 is 27.9 Å². The van der Waals surface area contributed by atoms with Crippen LogP contribution in [0.15, 0.2) is 58.1 Å². The Morgan fingerprint density at radius 2 is 1.69 bits per heavy atom. The standard InChI is InChI=1S/C24H24N4O3S.C2HF3O2/c29-22(11-5-10-21-25-18-7-2-1-6-17(18)23(30)26-21)27-14-12-16(13-15-27)28-19-8-3-4-9-20(19)32-24(28)31;3-2(4,5)1(6)7/h1-4,6-9,16H,5,10-15H2,(H,25,26,30);(H,6,7). The van der Waals surface area contributed by atoms with Gasteiger partial charge in [0.2, 0.25) is 5.91 Å². The summed E-state index contributed by atoms with van der Waals surface area (Å²) in [5.74, 6) is -2.02. The zero-order chi connectivity index (χ0) is 28.2. The number of carboxylic acid groups (broad SMARTS) is 1. The van der Waals surface area contributed by atoms with Gasteiger partial charge in [-0.2, -0.15) is 13.2 Å². The molecule has 1 amide bonds. The molecule has 0 bridgehead atoms. The number of carboxylic acids is 1. The van der Waals surface area contributed by atoms with E-state index in [4.69, 9.17) is 9.90 Å². The molecule has 0 atom stereocenters. The fourth-order valence-electron chi connectivity index (χ4n) is 4.52. The van der Waals surface area contributed by atoms with Crippen LogP contribution in [0.5, 0.6) is 0 Å². The van der Waals surface area contributed by atoms with E-state index in [1.807, 2.05) is 51.9 Å². The molecule has 0 spiro atoms. The molecule has 5 rings (SSSR count). The van der Waals surface area contributed by atoms with Crippen LogP contribution in [0.4, 0.5) is 13.2 Å². The predicted molar refractivity (Wildman–Crippen MR) is 140 cm³/mol. The van der Waals surface area contributed by atoms with Gasteiger partial charge >= 0.3 is 17.0 Å². The number of carbonyl (C=O) groups is 2. The first-order valence-corrected chi connectivity index (χ1v) is 13.0. The van der Waals surface area contributed by atoms with Crippen molar-refractivity contribution in [1.29, 1.82) is 0 Å². The van der Waals surface area contributed by atoms with Crippen LogP contribution in [-0.2, 0) is 16.0 Å². The minimum absolute atomic E-state index is 0.0767. The molecular formula is C26H25F3N4O5S. The first-order valence-electron chi connectivity index (χ1n) is 12.2. The molecule has 2 aromatic carbocycles. The fourth-order valence-corrected chi connectivity index (χ4v) is 5.47. The monoisotopic (exact) mass is 562 g/mol. The number of piperidine rings is 1. The third-order valence-corrected chi connectivity index (χ3v) is 7.35. The highest BCUT2D eigenvalue weighted by molar-refractivity contribution is 7.16. The second kappa shape index (κ2) is 11.8. The van der Waals surface area contributed by atoms with E-state index in [9.17, 15) is 27.6 Å². The van der Waals surface area contributed by atoms with Crippen LogP contribution < -0.4 is 10.4 Å². The molecule has 1 saturated heterocycles. The van der Waals surface area contributed by atoms with Crippen LogP contribution in [-0.4, -0.2) is 55.7 Å². The molecule has 39 heavy (non-hydrogen) atoms. The SMILES string of the molecule is O=C(CCCc1nc2ccccc2c(=O)[nH]1)N1CCC(n2c(=O)sc3ccccc32)CC1.O=C(O)C(F)(F)F. The molecule has 13 heteroatoms. The van der Waals surface area contributed by atoms with Gasteiger partial charge < -0.3 is 15.0 Å². The summed E-state index contributed by atoms with van der Waals surface area (Å²) in [6.07, 6.45) is -1.91. The van der Waals surface area contributed by atoms with Gasteiger partial charge in [0.1, 0.15) is 5.82 Å².